The van der Waals surface area contributed by atoms with Crippen molar-refractivity contribution in [1.29, 1.82) is 0 Å². The summed E-state index contributed by atoms with van der Waals surface area (Å²) in [6.07, 6.45) is -0.169. The van der Waals surface area contributed by atoms with Crippen molar-refractivity contribution >= 4 is 6.09 Å². The van der Waals surface area contributed by atoms with E-state index >= 15 is 0 Å². The molecular weight excluding hydrogens is 288 g/mol. The zero-order valence-corrected chi connectivity index (χ0v) is 14.8. The summed E-state index contributed by atoms with van der Waals surface area (Å²) in [4.78, 5) is 13.9. The number of hydrogen-bond donors (Lipinski definition) is 1. The molecule has 1 aromatic rings. The van der Waals surface area contributed by atoms with Crippen molar-refractivity contribution in [2.75, 3.05) is 13.1 Å². The van der Waals surface area contributed by atoms with Crippen LogP contribution < -0.4 is 5.32 Å². The van der Waals surface area contributed by atoms with Crippen LogP contribution in [-0.2, 0) is 11.3 Å². The van der Waals surface area contributed by atoms with Gasteiger partial charge in [0, 0.05) is 25.7 Å². The average molecular weight is 316 g/mol. The van der Waals surface area contributed by atoms with Crippen LogP contribution in [0.3, 0.4) is 0 Å². The molecule has 0 radical (unpaired) electrons. The maximum absolute atomic E-state index is 12.1. The SMILES string of the molecule is Cc1ccc(C)c(CNC2C3CN(C(=O)OC(C)(C)C)CC32)c1. The molecule has 126 valence electrons. The smallest absolute Gasteiger partial charge is 0.410 e. The van der Waals surface area contributed by atoms with Gasteiger partial charge < -0.3 is 15.0 Å². The minimum Gasteiger partial charge on any atom is -0.444 e. The van der Waals surface area contributed by atoms with E-state index in [-0.39, 0.29) is 6.09 Å². The monoisotopic (exact) mass is 316 g/mol. The molecule has 2 atom stereocenters. The molecule has 1 saturated carbocycles. The number of hydrogen-bond acceptors (Lipinski definition) is 3. The molecule has 1 N–H and O–H groups in total. The zero-order valence-electron chi connectivity index (χ0n) is 14.8. The zero-order chi connectivity index (χ0) is 16.8. The Morgan fingerprint density at radius 1 is 1.26 bits per heavy atom. The highest BCUT2D eigenvalue weighted by Gasteiger charge is 2.56. The van der Waals surface area contributed by atoms with E-state index in [2.05, 4.69) is 37.4 Å². The van der Waals surface area contributed by atoms with E-state index < -0.39 is 5.60 Å². The Morgan fingerprint density at radius 3 is 2.52 bits per heavy atom. The van der Waals surface area contributed by atoms with E-state index in [0.717, 1.165) is 19.6 Å². The maximum Gasteiger partial charge on any atom is 0.410 e. The van der Waals surface area contributed by atoms with Gasteiger partial charge in [0.1, 0.15) is 5.60 Å². The third-order valence-corrected chi connectivity index (χ3v) is 4.88. The Hall–Kier alpha value is -1.55. The van der Waals surface area contributed by atoms with Gasteiger partial charge in [-0.15, -0.1) is 0 Å². The molecule has 1 aromatic carbocycles. The number of rotatable bonds is 3. The molecule has 3 rings (SSSR count). The molecule has 1 aliphatic heterocycles. The minimum absolute atomic E-state index is 0.169. The topological polar surface area (TPSA) is 41.6 Å². The average Bonchev–Trinajstić information content (AvgIpc) is 2.89. The number of carbonyl (C=O) groups excluding carboxylic acids is 1. The Balaban J connectivity index is 1.47. The predicted molar refractivity (Wildman–Crippen MR) is 91.3 cm³/mol. The third-order valence-electron chi connectivity index (χ3n) is 4.88. The highest BCUT2D eigenvalue weighted by molar-refractivity contribution is 5.69. The van der Waals surface area contributed by atoms with Gasteiger partial charge in [0.2, 0.25) is 0 Å². The number of benzene rings is 1. The van der Waals surface area contributed by atoms with Gasteiger partial charge in [-0.05, 0) is 57.6 Å². The van der Waals surface area contributed by atoms with Crippen molar-refractivity contribution in [2.24, 2.45) is 11.8 Å². The van der Waals surface area contributed by atoms with Gasteiger partial charge in [-0.3, -0.25) is 0 Å². The fourth-order valence-corrected chi connectivity index (χ4v) is 3.52. The second-order valence-corrected chi connectivity index (χ2v) is 8.05. The Morgan fingerprint density at radius 2 is 1.91 bits per heavy atom. The van der Waals surface area contributed by atoms with Gasteiger partial charge in [0.15, 0.2) is 0 Å². The van der Waals surface area contributed by atoms with E-state index in [4.69, 9.17) is 4.74 Å². The van der Waals surface area contributed by atoms with E-state index in [1.165, 1.54) is 16.7 Å². The van der Waals surface area contributed by atoms with E-state index in [1.54, 1.807) is 0 Å². The van der Waals surface area contributed by atoms with Gasteiger partial charge in [-0.2, -0.15) is 0 Å². The maximum atomic E-state index is 12.1. The first-order valence-corrected chi connectivity index (χ1v) is 8.52. The van der Waals surface area contributed by atoms with Crippen LogP contribution in [0, 0.1) is 25.7 Å². The van der Waals surface area contributed by atoms with Crippen LogP contribution in [0.1, 0.15) is 37.5 Å². The van der Waals surface area contributed by atoms with E-state index in [0.29, 0.717) is 17.9 Å². The molecule has 0 spiro atoms. The fraction of sp³-hybridized carbons (Fsp3) is 0.632. The summed E-state index contributed by atoms with van der Waals surface area (Å²) in [5.41, 5.74) is 3.60. The van der Waals surface area contributed by atoms with Crippen LogP contribution >= 0.6 is 0 Å². The number of nitrogens with one attached hydrogen (secondary N) is 1. The summed E-state index contributed by atoms with van der Waals surface area (Å²) in [5, 5.41) is 3.67. The largest absolute Gasteiger partial charge is 0.444 e. The number of piperidine rings is 1. The van der Waals surface area contributed by atoms with Crippen molar-refractivity contribution in [1.82, 2.24) is 10.2 Å². The van der Waals surface area contributed by atoms with Crippen LogP contribution in [0.5, 0.6) is 0 Å². The predicted octanol–water partition coefficient (Wildman–Crippen LogP) is 3.26. The standard InChI is InChI=1S/C19H28N2O2/c1-12-6-7-13(2)14(8-12)9-20-17-15-10-21(11-16(15)17)18(22)23-19(3,4)5/h6-8,15-17,20H,9-11H2,1-5H3. The minimum atomic E-state index is -0.412. The van der Waals surface area contributed by atoms with Crippen molar-refractivity contribution in [3.8, 4) is 0 Å². The molecule has 4 nitrogen and oxygen atoms in total. The van der Waals surface area contributed by atoms with Gasteiger partial charge in [0.05, 0.1) is 0 Å². The first kappa shape index (κ1) is 16.3. The number of aryl methyl sites for hydroxylation is 2. The molecule has 2 fully saturated rings. The second kappa shape index (κ2) is 5.82. The molecule has 2 aliphatic rings. The first-order chi connectivity index (χ1) is 10.7. The number of nitrogens with zero attached hydrogens (tertiary/aromatic N) is 1. The molecule has 0 aromatic heterocycles. The highest BCUT2D eigenvalue weighted by atomic mass is 16.6. The highest BCUT2D eigenvalue weighted by Crippen LogP contribution is 2.46. The van der Waals surface area contributed by atoms with Crippen LogP contribution in [0.25, 0.3) is 0 Å². The third kappa shape index (κ3) is 3.69. The Kier molecular flexibility index (Phi) is 4.13. The lowest BCUT2D eigenvalue weighted by molar-refractivity contribution is 0.0269. The van der Waals surface area contributed by atoms with Crippen LogP contribution in [0.2, 0.25) is 0 Å². The Bertz CT molecular complexity index is 594. The molecule has 1 amide bonds. The lowest BCUT2D eigenvalue weighted by Gasteiger charge is -2.26. The van der Waals surface area contributed by atoms with Gasteiger partial charge in [-0.1, -0.05) is 23.8 Å². The molecule has 2 unspecified atom stereocenters. The number of fused-ring (bicyclic) bond motifs is 1. The molecule has 0 bridgehead atoms. The normalized spacial score (nSPS) is 26.1. The lowest BCUT2D eigenvalue weighted by Crippen LogP contribution is -2.39. The Labute approximate surface area is 139 Å². The van der Waals surface area contributed by atoms with Crippen molar-refractivity contribution in [3.63, 3.8) is 0 Å². The summed E-state index contributed by atoms with van der Waals surface area (Å²) in [6, 6.07) is 7.15. The molecule has 23 heavy (non-hydrogen) atoms. The first-order valence-electron chi connectivity index (χ1n) is 8.52. The fourth-order valence-electron chi connectivity index (χ4n) is 3.52. The van der Waals surface area contributed by atoms with Crippen molar-refractivity contribution in [2.45, 2.75) is 52.8 Å². The summed E-state index contributed by atoms with van der Waals surface area (Å²) >= 11 is 0. The van der Waals surface area contributed by atoms with Gasteiger partial charge in [0.25, 0.3) is 0 Å². The van der Waals surface area contributed by atoms with E-state index in [9.17, 15) is 4.79 Å². The molecule has 1 heterocycles. The molecule has 1 aliphatic carbocycles. The van der Waals surface area contributed by atoms with Crippen LogP contribution in [0.15, 0.2) is 18.2 Å². The molecule has 4 heteroatoms. The summed E-state index contributed by atoms with van der Waals surface area (Å²) in [7, 11) is 0. The van der Waals surface area contributed by atoms with Gasteiger partial charge in [-0.25, -0.2) is 4.79 Å². The van der Waals surface area contributed by atoms with Crippen LogP contribution in [0.4, 0.5) is 4.79 Å². The quantitative estimate of drug-likeness (QED) is 0.930. The van der Waals surface area contributed by atoms with Crippen molar-refractivity contribution < 1.29 is 9.53 Å². The second-order valence-electron chi connectivity index (χ2n) is 8.05. The summed E-state index contributed by atoms with van der Waals surface area (Å²) < 4.78 is 5.45. The van der Waals surface area contributed by atoms with Crippen molar-refractivity contribution in [3.05, 3.63) is 34.9 Å². The summed E-state index contributed by atoms with van der Waals surface area (Å²) in [6.45, 7) is 12.6. The number of amides is 1. The lowest BCUT2D eigenvalue weighted by atomic mass is 10.1. The number of ether oxygens (including phenoxy) is 1. The molecule has 1 saturated heterocycles. The van der Waals surface area contributed by atoms with Crippen LogP contribution in [-0.4, -0.2) is 35.7 Å². The number of likely N-dealkylation sites (tertiary alicyclic amines) is 1. The summed E-state index contributed by atoms with van der Waals surface area (Å²) in [5.74, 6) is 1.18. The van der Waals surface area contributed by atoms with E-state index in [1.807, 2.05) is 25.7 Å². The molecular formula is C19H28N2O2. The number of carbonyl (C=O) groups is 1. The van der Waals surface area contributed by atoms with Gasteiger partial charge >= 0.3 is 6.09 Å².